The minimum Gasteiger partial charge on any atom is -0.480 e. The molecule has 6 heteroatoms. The second kappa shape index (κ2) is 45.3. The highest BCUT2D eigenvalue weighted by Gasteiger charge is 2.12. The van der Waals surface area contributed by atoms with Crippen LogP contribution in [0.1, 0.15) is 251 Å². The predicted octanol–water partition coefficient (Wildman–Crippen LogP) is 15.2. The largest absolute Gasteiger partial charge is 0.480 e. The molecule has 0 radical (unpaired) electrons. The van der Waals surface area contributed by atoms with Gasteiger partial charge in [0.1, 0.15) is 12.6 Å². The molecule has 2 N–H and O–H groups in total. The maximum atomic E-state index is 12.8. The number of rotatable bonds is 44. The van der Waals surface area contributed by atoms with E-state index in [1.165, 1.54) is 154 Å². The average Bonchev–Trinajstić information content (AvgIpc) is 3.18. The molecule has 0 rings (SSSR count). The third kappa shape index (κ3) is 44.3. The van der Waals surface area contributed by atoms with E-state index in [2.05, 4.69) is 55.6 Å². The maximum absolute atomic E-state index is 12.8. The summed E-state index contributed by atoms with van der Waals surface area (Å²) in [4.78, 5) is 35.0. The molecule has 0 fully saturated rings. The van der Waals surface area contributed by atoms with Gasteiger partial charge in [-0.15, -0.1) is 0 Å². The summed E-state index contributed by atoms with van der Waals surface area (Å²) in [6.07, 6.45) is 57.4. The minimum absolute atomic E-state index is 0.0840. The first kappa shape index (κ1) is 53.6. The molecule has 0 aromatic carbocycles. The Bertz CT molecular complexity index is 957. The molecule has 1 atom stereocenters. The molecule has 1 amide bonds. The summed E-state index contributed by atoms with van der Waals surface area (Å²) in [7, 11) is 0. The summed E-state index contributed by atoms with van der Waals surface area (Å²) in [6, 6.07) is 0. The van der Waals surface area contributed by atoms with E-state index < -0.39 is 5.97 Å². The van der Waals surface area contributed by atoms with Gasteiger partial charge in [-0.05, 0) is 57.4 Å². The van der Waals surface area contributed by atoms with Crippen LogP contribution in [0.3, 0.4) is 0 Å². The van der Waals surface area contributed by atoms with Crippen LogP contribution in [0.15, 0.2) is 36.5 Å². The Hall–Kier alpha value is -2.37. The first-order valence-corrected chi connectivity index (χ1v) is 24.1. The molecular formula is C50H91NO5. The Balaban J connectivity index is 4.04. The van der Waals surface area contributed by atoms with Crippen LogP contribution in [-0.4, -0.2) is 35.6 Å². The Morgan fingerprint density at radius 3 is 1.36 bits per heavy atom. The number of carbonyl (C=O) groups excluding carboxylic acids is 2. The third-order valence-electron chi connectivity index (χ3n) is 10.8. The van der Waals surface area contributed by atoms with Crippen molar-refractivity contribution in [3.8, 4) is 0 Å². The van der Waals surface area contributed by atoms with E-state index in [4.69, 9.17) is 9.84 Å². The number of carboxylic acids is 1. The van der Waals surface area contributed by atoms with E-state index in [0.717, 1.165) is 70.6 Å². The van der Waals surface area contributed by atoms with Crippen LogP contribution >= 0.6 is 0 Å². The second-order valence-electron chi connectivity index (χ2n) is 16.4. The van der Waals surface area contributed by atoms with Crippen LogP contribution in [0.5, 0.6) is 0 Å². The Morgan fingerprint density at radius 1 is 0.482 bits per heavy atom. The highest BCUT2D eigenvalue weighted by molar-refractivity contribution is 5.80. The molecule has 0 spiro atoms. The lowest BCUT2D eigenvalue weighted by Crippen LogP contribution is -2.28. The van der Waals surface area contributed by atoms with Crippen molar-refractivity contribution in [1.29, 1.82) is 0 Å². The number of unbranched alkanes of at least 4 members (excludes halogenated alkanes) is 29. The molecule has 0 aliphatic rings. The van der Waals surface area contributed by atoms with Crippen molar-refractivity contribution in [1.82, 2.24) is 5.32 Å². The Morgan fingerprint density at radius 2 is 0.875 bits per heavy atom. The van der Waals surface area contributed by atoms with Gasteiger partial charge in [0, 0.05) is 12.8 Å². The number of nitrogens with one attached hydrogen (secondary N) is 1. The minimum atomic E-state index is -1.02. The fourth-order valence-electron chi connectivity index (χ4n) is 7.21. The standard InChI is InChI=1S/C50H91NO5/c1-3-5-7-9-11-13-15-16-17-18-19-20-21-22-23-24-25-26-28-30-32-37-41-45-50(55)56-47(42-38-34-31-29-27-14-12-10-8-6-4-2)43-39-35-33-36-40-44-48(52)51-46-49(53)54/h12,14,29,31,38,42,47H,3-11,13,15-28,30,32-37,39-41,43-46H2,1-2H3,(H,51,52)(H,53,54)/b14-12-,31-29-,42-38-. The van der Waals surface area contributed by atoms with Gasteiger partial charge >= 0.3 is 11.9 Å². The van der Waals surface area contributed by atoms with E-state index in [-0.39, 0.29) is 24.5 Å². The lowest BCUT2D eigenvalue weighted by molar-refractivity contribution is -0.147. The van der Waals surface area contributed by atoms with Crippen molar-refractivity contribution >= 4 is 17.8 Å². The lowest BCUT2D eigenvalue weighted by atomic mass is 10.0. The lowest BCUT2D eigenvalue weighted by Gasteiger charge is -2.14. The van der Waals surface area contributed by atoms with Crippen molar-refractivity contribution in [2.24, 2.45) is 0 Å². The summed E-state index contributed by atoms with van der Waals surface area (Å²) in [5.41, 5.74) is 0. The zero-order valence-electron chi connectivity index (χ0n) is 37.0. The van der Waals surface area contributed by atoms with Crippen LogP contribution in [0.2, 0.25) is 0 Å². The van der Waals surface area contributed by atoms with Crippen molar-refractivity contribution < 1.29 is 24.2 Å². The summed E-state index contributed by atoms with van der Waals surface area (Å²) >= 11 is 0. The van der Waals surface area contributed by atoms with Crippen molar-refractivity contribution in [2.75, 3.05) is 6.54 Å². The van der Waals surface area contributed by atoms with Gasteiger partial charge < -0.3 is 15.2 Å². The molecule has 56 heavy (non-hydrogen) atoms. The van der Waals surface area contributed by atoms with Crippen molar-refractivity contribution in [3.63, 3.8) is 0 Å². The van der Waals surface area contributed by atoms with E-state index in [1.807, 2.05) is 0 Å². The zero-order valence-corrected chi connectivity index (χ0v) is 37.0. The highest BCUT2D eigenvalue weighted by Crippen LogP contribution is 2.17. The van der Waals surface area contributed by atoms with Crippen LogP contribution in [0.4, 0.5) is 0 Å². The Labute approximate surface area is 346 Å². The fourth-order valence-corrected chi connectivity index (χ4v) is 7.21. The molecule has 0 aliphatic carbocycles. The number of ether oxygens (including phenoxy) is 1. The van der Waals surface area contributed by atoms with Gasteiger partial charge in [-0.3, -0.25) is 14.4 Å². The molecule has 326 valence electrons. The van der Waals surface area contributed by atoms with Gasteiger partial charge in [-0.25, -0.2) is 0 Å². The number of carboxylic acid groups (broad SMARTS) is 1. The number of aliphatic carboxylic acids is 1. The number of hydrogen-bond acceptors (Lipinski definition) is 4. The average molecular weight is 786 g/mol. The molecule has 0 aromatic heterocycles. The third-order valence-corrected chi connectivity index (χ3v) is 10.8. The quantitative estimate of drug-likeness (QED) is 0.0364. The number of carbonyl (C=O) groups is 3. The van der Waals surface area contributed by atoms with Crippen LogP contribution < -0.4 is 5.32 Å². The number of esters is 1. The molecule has 0 aromatic rings. The molecule has 0 saturated carbocycles. The smallest absolute Gasteiger partial charge is 0.322 e. The second-order valence-corrected chi connectivity index (χ2v) is 16.4. The van der Waals surface area contributed by atoms with E-state index in [1.54, 1.807) is 0 Å². The zero-order chi connectivity index (χ0) is 40.8. The van der Waals surface area contributed by atoms with Crippen LogP contribution in [0, 0.1) is 0 Å². The van der Waals surface area contributed by atoms with Crippen molar-refractivity contribution in [3.05, 3.63) is 36.5 Å². The van der Waals surface area contributed by atoms with Crippen LogP contribution in [-0.2, 0) is 19.1 Å². The van der Waals surface area contributed by atoms with Gasteiger partial charge in [0.2, 0.25) is 5.91 Å². The topological polar surface area (TPSA) is 92.7 Å². The first-order chi connectivity index (χ1) is 27.5. The van der Waals surface area contributed by atoms with Gasteiger partial charge in [-0.2, -0.15) is 0 Å². The summed E-state index contributed by atoms with van der Waals surface area (Å²) in [5.74, 6) is -1.31. The molecule has 1 unspecified atom stereocenters. The number of hydrogen-bond donors (Lipinski definition) is 2. The molecular weight excluding hydrogens is 695 g/mol. The maximum Gasteiger partial charge on any atom is 0.322 e. The van der Waals surface area contributed by atoms with E-state index in [9.17, 15) is 14.4 Å². The number of amides is 1. The van der Waals surface area contributed by atoms with E-state index >= 15 is 0 Å². The van der Waals surface area contributed by atoms with Gasteiger partial charge in [0.15, 0.2) is 0 Å². The normalized spacial score (nSPS) is 12.3. The van der Waals surface area contributed by atoms with Crippen molar-refractivity contribution in [2.45, 2.75) is 258 Å². The molecule has 0 heterocycles. The fraction of sp³-hybridized carbons (Fsp3) is 0.820. The van der Waals surface area contributed by atoms with E-state index in [0.29, 0.717) is 12.8 Å². The first-order valence-electron chi connectivity index (χ1n) is 24.1. The summed E-state index contributed by atoms with van der Waals surface area (Å²) < 4.78 is 5.94. The highest BCUT2D eigenvalue weighted by atomic mass is 16.5. The van der Waals surface area contributed by atoms with Crippen LogP contribution in [0.25, 0.3) is 0 Å². The number of allylic oxidation sites excluding steroid dienone is 5. The molecule has 0 saturated heterocycles. The van der Waals surface area contributed by atoms with Gasteiger partial charge in [-0.1, -0.05) is 218 Å². The predicted molar refractivity (Wildman–Crippen MR) is 240 cm³/mol. The Kier molecular flexibility index (Phi) is 43.4. The monoisotopic (exact) mass is 786 g/mol. The summed E-state index contributed by atoms with van der Waals surface area (Å²) in [6.45, 7) is 4.20. The SMILES string of the molecule is CCCCC/C=C\C/C=C\C/C=C\C(CCCCCCCC(=O)NCC(=O)O)OC(=O)CCCCCCCCCCCCCCCCCCCCCCCCC. The van der Waals surface area contributed by atoms with Gasteiger partial charge in [0.05, 0.1) is 0 Å². The summed E-state index contributed by atoms with van der Waals surface area (Å²) in [5, 5.41) is 11.1. The molecule has 0 bridgehead atoms. The molecule has 6 nitrogen and oxygen atoms in total. The van der Waals surface area contributed by atoms with Gasteiger partial charge in [0.25, 0.3) is 0 Å². The molecule has 0 aliphatic heterocycles.